The third kappa shape index (κ3) is 2.56. The molecular weight excluding hydrogens is 278 g/mol. The highest BCUT2D eigenvalue weighted by atomic mass is 19.1. The number of hydrogen-bond donors (Lipinski definition) is 1. The Kier molecular flexibility index (Phi) is 3.51. The molecular formula is C16H14F2O3. The minimum absolute atomic E-state index is 0.0996. The number of methoxy groups -OCH3 is 1. The van der Waals surface area contributed by atoms with E-state index in [1.54, 1.807) is 18.2 Å². The molecule has 0 radical (unpaired) electrons. The van der Waals surface area contributed by atoms with Crippen LogP contribution in [0.4, 0.5) is 8.78 Å². The van der Waals surface area contributed by atoms with Crippen LogP contribution in [0.2, 0.25) is 0 Å². The summed E-state index contributed by atoms with van der Waals surface area (Å²) in [5, 5.41) is 10.2. The molecule has 0 saturated carbocycles. The lowest BCUT2D eigenvalue weighted by Crippen LogP contribution is -2.20. The summed E-state index contributed by atoms with van der Waals surface area (Å²) in [5.41, 5.74) is 0.714. The van der Waals surface area contributed by atoms with Gasteiger partial charge in [-0.1, -0.05) is 0 Å². The fourth-order valence-electron chi connectivity index (χ4n) is 2.50. The van der Waals surface area contributed by atoms with E-state index in [0.29, 0.717) is 17.1 Å². The molecule has 0 aromatic heterocycles. The topological polar surface area (TPSA) is 38.7 Å². The Morgan fingerprint density at radius 2 is 1.95 bits per heavy atom. The molecule has 110 valence electrons. The van der Waals surface area contributed by atoms with Crippen molar-refractivity contribution in [2.75, 3.05) is 7.11 Å². The Balaban J connectivity index is 1.98. The Hall–Kier alpha value is -2.14. The molecule has 1 unspecified atom stereocenters. The van der Waals surface area contributed by atoms with E-state index >= 15 is 0 Å². The van der Waals surface area contributed by atoms with E-state index < -0.39 is 23.8 Å². The van der Waals surface area contributed by atoms with Crippen molar-refractivity contribution in [1.29, 1.82) is 0 Å². The standard InChI is InChI=1S/C16H14F2O3/c1-20-10-3-4-11-14(19)8-16(21-15(11)7-10)12-6-9(17)2-5-13(12)18/h2-7,14,16,19H,8H2,1H3/t14-,16?/m0/s1. The molecule has 3 nitrogen and oxygen atoms in total. The lowest BCUT2D eigenvalue weighted by molar-refractivity contribution is 0.0636. The molecule has 0 saturated heterocycles. The van der Waals surface area contributed by atoms with Gasteiger partial charge in [0.25, 0.3) is 0 Å². The molecule has 0 spiro atoms. The highest BCUT2D eigenvalue weighted by Gasteiger charge is 2.30. The van der Waals surface area contributed by atoms with Gasteiger partial charge in [0.2, 0.25) is 0 Å². The van der Waals surface area contributed by atoms with Crippen LogP contribution in [0.15, 0.2) is 36.4 Å². The maximum absolute atomic E-state index is 13.8. The van der Waals surface area contributed by atoms with Crippen molar-refractivity contribution in [3.8, 4) is 11.5 Å². The van der Waals surface area contributed by atoms with Gasteiger partial charge in [-0.25, -0.2) is 8.78 Å². The quantitative estimate of drug-likeness (QED) is 0.920. The smallest absolute Gasteiger partial charge is 0.130 e. The molecule has 21 heavy (non-hydrogen) atoms. The normalized spacial score (nSPS) is 20.6. The molecule has 2 aromatic rings. The summed E-state index contributed by atoms with van der Waals surface area (Å²) in [7, 11) is 1.52. The zero-order valence-electron chi connectivity index (χ0n) is 11.3. The van der Waals surface area contributed by atoms with E-state index in [-0.39, 0.29) is 12.0 Å². The second-order valence-electron chi connectivity index (χ2n) is 4.93. The predicted octanol–water partition coefficient (Wildman–Crippen LogP) is 3.53. The van der Waals surface area contributed by atoms with Crippen LogP contribution in [0, 0.1) is 11.6 Å². The van der Waals surface area contributed by atoms with Crippen molar-refractivity contribution in [3.05, 3.63) is 59.2 Å². The predicted molar refractivity (Wildman–Crippen MR) is 72.3 cm³/mol. The molecule has 0 bridgehead atoms. The SMILES string of the molecule is COc1ccc2c(c1)OC(c1cc(F)ccc1F)C[C@@H]2O. The van der Waals surface area contributed by atoms with Crippen LogP contribution in [0.25, 0.3) is 0 Å². The lowest BCUT2D eigenvalue weighted by atomic mass is 9.94. The molecule has 1 N–H and O–H groups in total. The highest BCUT2D eigenvalue weighted by molar-refractivity contribution is 5.44. The number of ether oxygens (including phenoxy) is 2. The van der Waals surface area contributed by atoms with Gasteiger partial charge in [-0.05, 0) is 30.3 Å². The Labute approximate surface area is 120 Å². The number of aliphatic hydroxyl groups is 1. The fourth-order valence-corrected chi connectivity index (χ4v) is 2.50. The van der Waals surface area contributed by atoms with E-state index in [0.717, 1.165) is 18.2 Å². The van der Waals surface area contributed by atoms with Gasteiger partial charge in [0.1, 0.15) is 29.2 Å². The summed E-state index contributed by atoms with van der Waals surface area (Å²) < 4.78 is 38.0. The first-order chi connectivity index (χ1) is 10.1. The average Bonchev–Trinajstić information content (AvgIpc) is 2.49. The van der Waals surface area contributed by atoms with Crippen molar-refractivity contribution < 1.29 is 23.4 Å². The number of halogens is 2. The third-order valence-corrected chi connectivity index (χ3v) is 3.59. The molecule has 1 heterocycles. The second-order valence-corrected chi connectivity index (χ2v) is 4.93. The van der Waals surface area contributed by atoms with E-state index in [1.165, 1.54) is 7.11 Å². The monoisotopic (exact) mass is 292 g/mol. The molecule has 1 aliphatic heterocycles. The number of rotatable bonds is 2. The van der Waals surface area contributed by atoms with Gasteiger partial charge in [0.15, 0.2) is 0 Å². The zero-order valence-corrected chi connectivity index (χ0v) is 11.3. The van der Waals surface area contributed by atoms with Gasteiger partial charge in [-0.15, -0.1) is 0 Å². The van der Waals surface area contributed by atoms with Crippen LogP contribution < -0.4 is 9.47 Å². The molecule has 5 heteroatoms. The third-order valence-electron chi connectivity index (χ3n) is 3.59. The van der Waals surface area contributed by atoms with E-state index in [2.05, 4.69) is 0 Å². The molecule has 0 aliphatic carbocycles. The van der Waals surface area contributed by atoms with E-state index in [9.17, 15) is 13.9 Å². The molecule has 0 fully saturated rings. The average molecular weight is 292 g/mol. The van der Waals surface area contributed by atoms with Crippen molar-refractivity contribution >= 4 is 0 Å². The van der Waals surface area contributed by atoms with Crippen molar-refractivity contribution in [1.82, 2.24) is 0 Å². The first-order valence-corrected chi connectivity index (χ1v) is 6.56. The summed E-state index contributed by atoms with van der Waals surface area (Å²) in [4.78, 5) is 0. The molecule has 1 aliphatic rings. The first kappa shape index (κ1) is 13.8. The molecule has 2 aromatic carbocycles. The molecule has 2 atom stereocenters. The van der Waals surface area contributed by atoms with E-state index in [4.69, 9.17) is 9.47 Å². The summed E-state index contributed by atoms with van der Waals surface area (Å²) in [6.45, 7) is 0. The minimum atomic E-state index is -0.799. The number of benzene rings is 2. The van der Waals surface area contributed by atoms with Gasteiger partial charge in [0.05, 0.1) is 13.2 Å². The summed E-state index contributed by atoms with van der Waals surface area (Å²) in [6.07, 6.45) is -1.37. The van der Waals surface area contributed by atoms with Crippen LogP contribution in [-0.2, 0) is 0 Å². The highest BCUT2D eigenvalue weighted by Crippen LogP contribution is 2.42. The van der Waals surface area contributed by atoms with Crippen LogP contribution in [-0.4, -0.2) is 12.2 Å². The lowest BCUT2D eigenvalue weighted by Gasteiger charge is -2.30. The minimum Gasteiger partial charge on any atom is -0.497 e. The van der Waals surface area contributed by atoms with Gasteiger partial charge in [-0.3, -0.25) is 0 Å². The van der Waals surface area contributed by atoms with Gasteiger partial charge >= 0.3 is 0 Å². The second kappa shape index (κ2) is 5.33. The number of hydrogen-bond acceptors (Lipinski definition) is 3. The van der Waals surface area contributed by atoms with Gasteiger partial charge in [-0.2, -0.15) is 0 Å². The summed E-state index contributed by atoms with van der Waals surface area (Å²) in [5.74, 6) is -0.107. The van der Waals surface area contributed by atoms with Crippen LogP contribution in [0.5, 0.6) is 11.5 Å². The summed E-state index contributed by atoms with van der Waals surface area (Å²) >= 11 is 0. The Bertz CT molecular complexity index is 673. The van der Waals surface area contributed by atoms with Gasteiger partial charge < -0.3 is 14.6 Å². The Morgan fingerprint density at radius 3 is 2.71 bits per heavy atom. The molecule has 0 amide bonds. The summed E-state index contributed by atoms with van der Waals surface area (Å²) in [6, 6.07) is 8.25. The van der Waals surface area contributed by atoms with Gasteiger partial charge in [0, 0.05) is 23.6 Å². The first-order valence-electron chi connectivity index (χ1n) is 6.56. The van der Waals surface area contributed by atoms with Crippen molar-refractivity contribution in [2.45, 2.75) is 18.6 Å². The number of fused-ring (bicyclic) bond motifs is 1. The van der Waals surface area contributed by atoms with Crippen LogP contribution in [0.3, 0.4) is 0 Å². The molecule has 3 rings (SSSR count). The Morgan fingerprint density at radius 1 is 1.14 bits per heavy atom. The maximum Gasteiger partial charge on any atom is 0.130 e. The fraction of sp³-hybridized carbons (Fsp3) is 0.250. The van der Waals surface area contributed by atoms with Crippen molar-refractivity contribution in [3.63, 3.8) is 0 Å². The maximum atomic E-state index is 13.8. The van der Waals surface area contributed by atoms with Crippen LogP contribution >= 0.6 is 0 Å². The number of aliphatic hydroxyl groups excluding tert-OH is 1. The van der Waals surface area contributed by atoms with E-state index in [1.807, 2.05) is 0 Å². The largest absolute Gasteiger partial charge is 0.497 e. The zero-order chi connectivity index (χ0) is 15.0. The van der Waals surface area contributed by atoms with Crippen molar-refractivity contribution in [2.24, 2.45) is 0 Å². The van der Waals surface area contributed by atoms with Crippen LogP contribution in [0.1, 0.15) is 29.8 Å².